The minimum absolute atomic E-state index is 0.159. The van der Waals surface area contributed by atoms with E-state index >= 15 is 0 Å². The number of thiol groups is 1. The van der Waals surface area contributed by atoms with E-state index in [4.69, 9.17) is 10.8 Å². The topological polar surface area (TPSA) is 171 Å². The van der Waals surface area contributed by atoms with E-state index < -0.39 is 54.5 Å². The van der Waals surface area contributed by atoms with Gasteiger partial charge in [-0.25, -0.2) is 4.79 Å². The number of hydrogen-bond donors (Lipinski definition) is 7. The van der Waals surface area contributed by atoms with E-state index in [-0.39, 0.29) is 11.7 Å². The molecule has 168 valence electrons. The molecular formula is C17H32N4O6S2. The number of aliphatic hydroxyl groups is 1. The van der Waals surface area contributed by atoms with E-state index in [1.165, 1.54) is 11.8 Å². The fraction of sp³-hybridized carbons (Fsp3) is 0.765. The fourth-order valence-electron chi connectivity index (χ4n) is 2.32. The van der Waals surface area contributed by atoms with Crippen LogP contribution in [0.4, 0.5) is 0 Å². The molecule has 3 amide bonds. The third-order valence-corrected chi connectivity index (χ3v) is 4.93. The highest BCUT2D eigenvalue weighted by molar-refractivity contribution is 7.98. The molecule has 0 radical (unpaired) electrons. The van der Waals surface area contributed by atoms with Gasteiger partial charge in [0.15, 0.2) is 0 Å². The Labute approximate surface area is 180 Å². The summed E-state index contributed by atoms with van der Waals surface area (Å²) in [5.74, 6) is -2.70. The van der Waals surface area contributed by atoms with E-state index in [1.54, 1.807) is 0 Å². The second-order valence-corrected chi connectivity index (χ2v) is 8.26. The lowest BCUT2D eigenvalue weighted by molar-refractivity contribution is -0.142. The Hall–Kier alpha value is -1.50. The van der Waals surface area contributed by atoms with E-state index in [2.05, 4.69) is 28.6 Å². The molecule has 29 heavy (non-hydrogen) atoms. The van der Waals surface area contributed by atoms with Gasteiger partial charge in [-0.2, -0.15) is 24.4 Å². The Morgan fingerprint density at radius 2 is 1.52 bits per heavy atom. The molecule has 0 aliphatic carbocycles. The van der Waals surface area contributed by atoms with E-state index in [0.29, 0.717) is 18.6 Å². The van der Waals surface area contributed by atoms with Crippen molar-refractivity contribution in [3.63, 3.8) is 0 Å². The summed E-state index contributed by atoms with van der Waals surface area (Å²) in [5, 5.41) is 25.5. The summed E-state index contributed by atoms with van der Waals surface area (Å²) in [6, 6.07) is -4.36. The molecule has 0 aromatic heterocycles. The molecule has 7 N–H and O–H groups in total. The zero-order chi connectivity index (χ0) is 22.6. The summed E-state index contributed by atoms with van der Waals surface area (Å²) in [6.07, 6.45) is 2.58. The molecule has 0 saturated heterocycles. The van der Waals surface area contributed by atoms with Crippen molar-refractivity contribution in [2.75, 3.05) is 24.4 Å². The van der Waals surface area contributed by atoms with Crippen LogP contribution in [0.3, 0.4) is 0 Å². The van der Waals surface area contributed by atoms with Gasteiger partial charge in [0.05, 0.1) is 12.6 Å². The van der Waals surface area contributed by atoms with Gasteiger partial charge in [0.2, 0.25) is 17.7 Å². The summed E-state index contributed by atoms with van der Waals surface area (Å²) in [7, 11) is 0. The highest BCUT2D eigenvalue weighted by atomic mass is 32.2. The summed E-state index contributed by atoms with van der Waals surface area (Å²) in [4.78, 5) is 48.1. The first-order chi connectivity index (χ1) is 13.6. The molecule has 0 rings (SSSR count). The molecular weight excluding hydrogens is 420 g/mol. The zero-order valence-corrected chi connectivity index (χ0v) is 18.6. The van der Waals surface area contributed by atoms with Crippen molar-refractivity contribution in [1.82, 2.24) is 16.0 Å². The lowest BCUT2D eigenvalue weighted by atomic mass is 10.0. The molecule has 0 aromatic carbocycles. The predicted octanol–water partition coefficient (Wildman–Crippen LogP) is -1.43. The largest absolute Gasteiger partial charge is 0.480 e. The minimum Gasteiger partial charge on any atom is -0.480 e. The molecule has 0 heterocycles. The van der Waals surface area contributed by atoms with Crippen molar-refractivity contribution in [2.24, 2.45) is 11.7 Å². The summed E-state index contributed by atoms with van der Waals surface area (Å²) < 4.78 is 0. The molecule has 12 heteroatoms. The van der Waals surface area contributed by atoms with E-state index in [1.807, 2.05) is 20.1 Å². The van der Waals surface area contributed by atoms with Crippen molar-refractivity contribution in [1.29, 1.82) is 0 Å². The van der Waals surface area contributed by atoms with Gasteiger partial charge in [0, 0.05) is 5.75 Å². The quantitative estimate of drug-likeness (QED) is 0.157. The van der Waals surface area contributed by atoms with Crippen molar-refractivity contribution in [3.05, 3.63) is 0 Å². The molecule has 10 nitrogen and oxygen atoms in total. The molecule has 0 spiro atoms. The number of carbonyl (C=O) groups is 4. The van der Waals surface area contributed by atoms with E-state index in [0.717, 1.165) is 0 Å². The van der Waals surface area contributed by atoms with E-state index in [9.17, 15) is 24.3 Å². The highest BCUT2D eigenvalue weighted by Gasteiger charge is 2.29. The predicted molar refractivity (Wildman–Crippen MR) is 115 cm³/mol. The molecule has 0 aliphatic heterocycles. The number of amides is 3. The van der Waals surface area contributed by atoms with Gasteiger partial charge in [-0.1, -0.05) is 13.8 Å². The second kappa shape index (κ2) is 14.5. The molecule has 4 unspecified atom stereocenters. The van der Waals surface area contributed by atoms with Crippen LogP contribution in [0.15, 0.2) is 0 Å². The van der Waals surface area contributed by atoms with Crippen LogP contribution in [-0.4, -0.2) is 82.4 Å². The Balaban J connectivity index is 5.10. The molecule has 0 aromatic rings. The van der Waals surface area contributed by atoms with Crippen molar-refractivity contribution < 1.29 is 29.4 Å². The maximum absolute atomic E-state index is 12.6. The van der Waals surface area contributed by atoms with Gasteiger partial charge in [-0.3, -0.25) is 14.4 Å². The normalized spacial score (nSPS) is 15.1. The first-order valence-electron chi connectivity index (χ1n) is 9.17. The smallest absolute Gasteiger partial charge is 0.327 e. The summed E-state index contributed by atoms with van der Waals surface area (Å²) >= 11 is 5.32. The molecule has 4 atom stereocenters. The Bertz CT molecular complexity index is 564. The van der Waals surface area contributed by atoms with Crippen LogP contribution < -0.4 is 21.7 Å². The van der Waals surface area contributed by atoms with Crippen LogP contribution in [0, 0.1) is 5.92 Å². The minimum atomic E-state index is -1.37. The molecule has 0 fully saturated rings. The van der Waals surface area contributed by atoms with Crippen LogP contribution in [0.25, 0.3) is 0 Å². The maximum Gasteiger partial charge on any atom is 0.327 e. The van der Waals surface area contributed by atoms with Crippen LogP contribution in [0.1, 0.15) is 26.7 Å². The number of thioether (sulfide) groups is 1. The number of aliphatic carboxylic acids is 1. The van der Waals surface area contributed by atoms with Crippen LogP contribution in [0.2, 0.25) is 0 Å². The van der Waals surface area contributed by atoms with Gasteiger partial charge in [-0.15, -0.1) is 0 Å². The van der Waals surface area contributed by atoms with Crippen molar-refractivity contribution in [2.45, 2.75) is 50.9 Å². The van der Waals surface area contributed by atoms with Gasteiger partial charge >= 0.3 is 5.97 Å². The van der Waals surface area contributed by atoms with Gasteiger partial charge in [-0.05, 0) is 30.8 Å². The lowest BCUT2D eigenvalue weighted by Crippen LogP contribution is -2.58. The standard InChI is InChI=1S/C17H32N4O6S2/c1-9(2)6-10(18)14(23)19-11(4-5-29-3)15(24)20-12(7-22)16(25)21-13(8-28)17(26)27/h9-13,22,28H,4-8,18H2,1-3H3,(H,19,23)(H,20,24)(H,21,25)(H,26,27). The van der Waals surface area contributed by atoms with Gasteiger partial charge < -0.3 is 31.9 Å². The molecule has 0 aliphatic rings. The average molecular weight is 453 g/mol. The fourth-order valence-corrected chi connectivity index (χ4v) is 3.04. The number of aliphatic hydroxyl groups excluding tert-OH is 1. The molecule has 0 bridgehead atoms. The van der Waals surface area contributed by atoms with Crippen LogP contribution in [-0.2, 0) is 19.2 Å². The number of carboxylic acid groups (broad SMARTS) is 1. The number of hydrogen-bond acceptors (Lipinski definition) is 8. The summed E-state index contributed by atoms with van der Waals surface area (Å²) in [6.45, 7) is 3.10. The first kappa shape index (κ1) is 27.5. The summed E-state index contributed by atoms with van der Waals surface area (Å²) in [5.41, 5.74) is 5.85. The maximum atomic E-state index is 12.6. The lowest BCUT2D eigenvalue weighted by Gasteiger charge is -2.24. The number of carbonyl (C=O) groups excluding carboxylic acids is 3. The van der Waals surface area contributed by atoms with Crippen molar-refractivity contribution >= 4 is 48.1 Å². The average Bonchev–Trinajstić information content (AvgIpc) is 2.65. The highest BCUT2D eigenvalue weighted by Crippen LogP contribution is 2.06. The number of nitrogens with one attached hydrogen (secondary N) is 3. The van der Waals surface area contributed by atoms with Crippen LogP contribution >= 0.6 is 24.4 Å². The van der Waals surface area contributed by atoms with Crippen LogP contribution in [0.5, 0.6) is 0 Å². The monoisotopic (exact) mass is 452 g/mol. The first-order valence-corrected chi connectivity index (χ1v) is 11.2. The van der Waals surface area contributed by atoms with Gasteiger partial charge in [0.1, 0.15) is 18.1 Å². The second-order valence-electron chi connectivity index (χ2n) is 6.90. The number of rotatable bonds is 14. The van der Waals surface area contributed by atoms with Gasteiger partial charge in [0.25, 0.3) is 0 Å². The Morgan fingerprint density at radius 1 is 1.00 bits per heavy atom. The number of carboxylic acids is 1. The SMILES string of the molecule is CSCCC(NC(=O)C(N)CC(C)C)C(=O)NC(CO)C(=O)NC(CS)C(=O)O. The Kier molecular flexibility index (Phi) is 13.7. The third kappa shape index (κ3) is 10.7. The number of nitrogens with two attached hydrogens (primary N) is 1. The third-order valence-electron chi connectivity index (χ3n) is 3.92. The van der Waals surface area contributed by atoms with Crippen molar-refractivity contribution in [3.8, 4) is 0 Å². The zero-order valence-electron chi connectivity index (χ0n) is 16.9. The molecule has 0 saturated carbocycles. The Morgan fingerprint density at radius 3 is 1.97 bits per heavy atom.